The number of hydrogen-bond acceptors (Lipinski definition) is 5. The molecule has 5 nitrogen and oxygen atoms in total. The van der Waals surface area contributed by atoms with Gasteiger partial charge in [-0.3, -0.25) is 14.8 Å². The average molecular weight is 284 g/mol. The van der Waals surface area contributed by atoms with Crippen molar-refractivity contribution >= 4 is 33.8 Å². The quantitative estimate of drug-likeness (QED) is 0.774. The Balaban J connectivity index is 2.28. The van der Waals surface area contributed by atoms with Crippen LogP contribution in [-0.4, -0.2) is 22.9 Å². The monoisotopic (exact) mass is 284 g/mol. The Hall–Kier alpha value is -2.47. The smallest absolute Gasteiger partial charge is 0.252 e. The lowest BCUT2D eigenvalue weighted by Crippen LogP contribution is -2.14. The summed E-state index contributed by atoms with van der Waals surface area (Å²) in [5.74, 6) is -0.494. The minimum absolute atomic E-state index is 0.390. The van der Waals surface area contributed by atoms with Crippen LogP contribution in [0.3, 0.4) is 0 Å². The van der Waals surface area contributed by atoms with Crippen LogP contribution >= 0.6 is 11.3 Å². The van der Waals surface area contributed by atoms with E-state index in [9.17, 15) is 4.79 Å². The van der Waals surface area contributed by atoms with Gasteiger partial charge in [0.05, 0.1) is 27.2 Å². The van der Waals surface area contributed by atoms with Gasteiger partial charge in [0.1, 0.15) is 0 Å². The maximum atomic E-state index is 11.5. The maximum absolute atomic E-state index is 11.5. The van der Waals surface area contributed by atoms with Crippen molar-refractivity contribution in [2.45, 2.75) is 0 Å². The van der Waals surface area contributed by atoms with E-state index in [-0.39, 0.29) is 0 Å². The highest BCUT2D eigenvalue weighted by Crippen LogP contribution is 2.31. The van der Waals surface area contributed by atoms with Gasteiger partial charge < -0.3 is 11.1 Å². The molecule has 1 amide bonds. The van der Waals surface area contributed by atoms with Gasteiger partial charge in [0.25, 0.3) is 5.91 Å². The Morgan fingerprint density at radius 2 is 2.20 bits per heavy atom. The van der Waals surface area contributed by atoms with E-state index in [1.54, 1.807) is 23.9 Å². The number of aromatic nitrogens is 2. The summed E-state index contributed by atoms with van der Waals surface area (Å²) < 4.78 is 0. The molecular weight excluding hydrogens is 272 g/mol. The van der Waals surface area contributed by atoms with Crippen molar-refractivity contribution in [3.63, 3.8) is 0 Å². The predicted octanol–water partition coefficient (Wildman–Crippen LogP) is 2.50. The number of benzene rings is 1. The van der Waals surface area contributed by atoms with Crippen LogP contribution in [-0.2, 0) is 0 Å². The molecule has 0 atom stereocenters. The number of amides is 1. The van der Waals surface area contributed by atoms with Crippen LogP contribution < -0.4 is 11.1 Å². The summed E-state index contributed by atoms with van der Waals surface area (Å²) in [6.07, 6.45) is 3.32. The van der Waals surface area contributed by atoms with Crippen molar-refractivity contribution in [1.29, 1.82) is 0 Å². The molecule has 0 radical (unpaired) electrons. The molecule has 0 spiro atoms. The molecule has 100 valence electrons. The number of carbonyl (C=O) groups excluding carboxylic acids is 1. The molecule has 2 aromatic heterocycles. The molecule has 20 heavy (non-hydrogen) atoms. The van der Waals surface area contributed by atoms with E-state index < -0.39 is 5.91 Å². The third-order valence-corrected chi connectivity index (χ3v) is 3.92. The minimum atomic E-state index is -0.494. The first-order valence-corrected chi connectivity index (χ1v) is 6.88. The first-order valence-electron chi connectivity index (χ1n) is 6.00. The van der Waals surface area contributed by atoms with Gasteiger partial charge in [-0.25, -0.2) is 0 Å². The van der Waals surface area contributed by atoms with Crippen LogP contribution in [0.1, 0.15) is 10.4 Å². The lowest BCUT2D eigenvalue weighted by atomic mass is 10.1. The lowest BCUT2D eigenvalue weighted by Gasteiger charge is -2.10. The van der Waals surface area contributed by atoms with Crippen molar-refractivity contribution in [1.82, 2.24) is 9.97 Å². The third-order valence-electron chi connectivity index (χ3n) is 3.10. The lowest BCUT2D eigenvalue weighted by molar-refractivity contribution is 0.100. The Kier molecular flexibility index (Phi) is 3.08. The summed E-state index contributed by atoms with van der Waals surface area (Å²) >= 11 is 1.56. The fourth-order valence-corrected chi connectivity index (χ4v) is 2.78. The summed E-state index contributed by atoms with van der Waals surface area (Å²) in [6.45, 7) is 0. The van der Waals surface area contributed by atoms with Crippen LogP contribution in [0.5, 0.6) is 0 Å². The van der Waals surface area contributed by atoms with E-state index in [2.05, 4.69) is 15.3 Å². The largest absolute Gasteiger partial charge is 0.387 e. The number of primary amides is 1. The molecule has 3 aromatic rings. The van der Waals surface area contributed by atoms with Gasteiger partial charge in [0.2, 0.25) is 0 Å². The fraction of sp³-hybridized carbons (Fsp3) is 0.0714. The highest BCUT2D eigenvalue weighted by atomic mass is 32.1. The standard InChI is InChI=1S/C14H12N4OS/c1-16-13-9-4-8(12-6-17-7-20-12)2-3-11(9)18-5-10(13)14(15)19/h2-7H,1H3,(H2,15,19)(H,16,18). The van der Waals surface area contributed by atoms with Crippen LogP contribution in [0.15, 0.2) is 36.1 Å². The number of nitrogens with one attached hydrogen (secondary N) is 1. The molecule has 0 aliphatic heterocycles. The third kappa shape index (κ3) is 2.00. The first-order chi connectivity index (χ1) is 9.70. The van der Waals surface area contributed by atoms with Crippen molar-refractivity contribution in [2.24, 2.45) is 5.73 Å². The molecule has 0 aliphatic rings. The number of nitrogens with zero attached hydrogens (tertiary/aromatic N) is 2. The molecule has 0 saturated carbocycles. The summed E-state index contributed by atoms with van der Waals surface area (Å²) in [7, 11) is 1.76. The number of rotatable bonds is 3. The summed E-state index contributed by atoms with van der Waals surface area (Å²) in [4.78, 5) is 20.9. The van der Waals surface area contributed by atoms with Crippen LogP contribution in [0.4, 0.5) is 5.69 Å². The van der Waals surface area contributed by atoms with E-state index in [4.69, 9.17) is 5.73 Å². The zero-order chi connectivity index (χ0) is 14.1. The van der Waals surface area contributed by atoms with Crippen LogP contribution in [0, 0.1) is 0 Å². The van der Waals surface area contributed by atoms with E-state index >= 15 is 0 Å². The second-order valence-electron chi connectivity index (χ2n) is 4.26. The number of thiazole rings is 1. The molecule has 0 aliphatic carbocycles. The highest BCUT2D eigenvalue weighted by Gasteiger charge is 2.13. The van der Waals surface area contributed by atoms with Gasteiger partial charge in [-0.15, -0.1) is 11.3 Å². The van der Waals surface area contributed by atoms with Gasteiger partial charge >= 0.3 is 0 Å². The molecular formula is C14H12N4OS. The molecule has 3 rings (SSSR count). The zero-order valence-electron chi connectivity index (χ0n) is 10.8. The highest BCUT2D eigenvalue weighted by molar-refractivity contribution is 7.13. The second kappa shape index (κ2) is 4.90. The minimum Gasteiger partial charge on any atom is -0.387 e. The normalized spacial score (nSPS) is 10.7. The topological polar surface area (TPSA) is 80.9 Å². The van der Waals surface area contributed by atoms with E-state index in [1.807, 2.05) is 24.4 Å². The van der Waals surface area contributed by atoms with Crippen molar-refractivity contribution in [2.75, 3.05) is 12.4 Å². The summed E-state index contributed by atoms with van der Waals surface area (Å²) in [5, 5.41) is 3.91. The second-order valence-corrected chi connectivity index (χ2v) is 5.15. The first kappa shape index (κ1) is 12.6. The Morgan fingerprint density at radius 3 is 2.85 bits per heavy atom. The van der Waals surface area contributed by atoms with E-state index in [1.165, 1.54) is 6.20 Å². The van der Waals surface area contributed by atoms with Gasteiger partial charge in [-0.2, -0.15) is 0 Å². The Bertz CT molecular complexity index is 783. The van der Waals surface area contributed by atoms with Crippen molar-refractivity contribution in [3.05, 3.63) is 41.7 Å². The van der Waals surface area contributed by atoms with Crippen molar-refractivity contribution < 1.29 is 4.79 Å². The summed E-state index contributed by atoms with van der Waals surface area (Å²) in [5.41, 5.74) is 10.1. The van der Waals surface area contributed by atoms with Gasteiger partial charge in [0, 0.05) is 24.8 Å². The predicted molar refractivity (Wildman–Crippen MR) is 80.9 cm³/mol. The SMILES string of the molecule is CNc1c(C(N)=O)cnc2ccc(-c3cncs3)cc12. The number of pyridine rings is 1. The van der Waals surface area contributed by atoms with Gasteiger partial charge in [-0.05, 0) is 17.7 Å². The molecule has 0 saturated heterocycles. The Morgan fingerprint density at radius 1 is 1.35 bits per heavy atom. The van der Waals surface area contributed by atoms with Crippen LogP contribution in [0.2, 0.25) is 0 Å². The summed E-state index contributed by atoms with van der Waals surface area (Å²) in [6, 6.07) is 5.91. The maximum Gasteiger partial charge on any atom is 0.252 e. The molecule has 2 heterocycles. The number of anilines is 1. The Labute approximate surface area is 119 Å². The molecule has 0 unspecified atom stereocenters. The molecule has 3 N–H and O–H groups in total. The fourth-order valence-electron chi connectivity index (χ4n) is 2.16. The van der Waals surface area contributed by atoms with E-state index in [0.29, 0.717) is 11.3 Å². The van der Waals surface area contributed by atoms with Crippen molar-refractivity contribution in [3.8, 4) is 10.4 Å². The molecule has 0 fully saturated rings. The zero-order valence-corrected chi connectivity index (χ0v) is 11.6. The van der Waals surface area contributed by atoms with Gasteiger partial charge in [-0.1, -0.05) is 6.07 Å². The number of carbonyl (C=O) groups is 1. The average Bonchev–Trinajstić information content (AvgIpc) is 2.99. The number of hydrogen-bond donors (Lipinski definition) is 2. The van der Waals surface area contributed by atoms with Crippen LogP contribution in [0.25, 0.3) is 21.3 Å². The van der Waals surface area contributed by atoms with Gasteiger partial charge in [0.15, 0.2) is 0 Å². The number of fused-ring (bicyclic) bond motifs is 1. The molecule has 1 aromatic carbocycles. The van der Waals surface area contributed by atoms with E-state index in [0.717, 1.165) is 21.3 Å². The molecule has 0 bridgehead atoms. The molecule has 6 heteroatoms. The number of nitrogens with two attached hydrogens (primary N) is 1.